The molecule has 0 unspecified atom stereocenters. The smallest absolute Gasteiger partial charge is 0.237 e. The van der Waals surface area contributed by atoms with Crippen LogP contribution in [0, 0.1) is 0 Å². The predicted molar refractivity (Wildman–Crippen MR) is 20.3 cm³/mol. The Morgan fingerprint density at radius 2 is 2.57 bits per heavy atom. The van der Waals surface area contributed by atoms with Gasteiger partial charge in [0, 0.05) is 6.08 Å². The lowest BCUT2D eigenvalue weighted by atomic mass is 10.6. The van der Waals surface area contributed by atoms with E-state index in [0.29, 0.717) is 5.23 Å². The molecular formula is C3H5NO3. The maximum atomic E-state index is 8.41. The molecule has 1 aliphatic rings. The van der Waals surface area contributed by atoms with Crippen LogP contribution in [0.15, 0.2) is 12.0 Å². The average Bonchev–Trinajstić information content (AvgIpc) is 1.91. The third-order valence-electron chi connectivity index (χ3n) is 0.659. The Morgan fingerprint density at radius 3 is 2.71 bits per heavy atom. The molecule has 2 N–H and O–H groups in total. The summed E-state index contributed by atoms with van der Waals surface area (Å²) in [6.07, 6.45) is 1.35. The Labute approximate surface area is 40.1 Å². The third kappa shape index (κ3) is 0.652. The van der Waals surface area contributed by atoms with Gasteiger partial charge < -0.3 is 5.11 Å². The molecule has 1 heterocycles. The van der Waals surface area contributed by atoms with E-state index in [9.17, 15) is 0 Å². The summed E-state index contributed by atoms with van der Waals surface area (Å²) in [7, 11) is 0. The van der Waals surface area contributed by atoms with Crippen molar-refractivity contribution in [2.24, 2.45) is 0 Å². The third-order valence-corrected chi connectivity index (χ3v) is 0.659. The molecule has 0 bridgehead atoms. The molecule has 0 amide bonds. The molecule has 0 atom stereocenters. The molecule has 0 aromatic carbocycles. The van der Waals surface area contributed by atoms with Crippen LogP contribution in [0.5, 0.6) is 0 Å². The highest BCUT2D eigenvalue weighted by molar-refractivity contribution is 4.88. The lowest BCUT2D eigenvalue weighted by molar-refractivity contribution is -0.313. The van der Waals surface area contributed by atoms with Crippen LogP contribution in [0.25, 0.3) is 0 Å². The number of aliphatic hydroxyl groups excluding tert-OH is 1. The largest absolute Gasteiger partial charge is 0.492 e. The lowest BCUT2D eigenvalue weighted by Gasteiger charge is -2.03. The summed E-state index contributed by atoms with van der Waals surface area (Å²) in [6, 6.07) is 0. The normalized spacial score (nSPS) is 20.1. The Kier molecular flexibility index (Phi) is 0.883. The molecule has 1 aliphatic heterocycles. The second-order valence-corrected chi connectivity index (χ2v) is 1.13. The molecule has 0 aromatic heterocycles. The highest BCUT2D eigenvalue weighted by Gasteiger charge is 2.09. The van der Waals surface area contributed by atoms with E-state index in [0.717, 1.165) is 0 Å². The van der Waals surface area contributed by atoms with Crippen molar-refractivity contribution in [3.8, 4) is 0 Å². The Hall–Kier alpha value is -0.740. The van der Waals surface area contributed by atoms with E-state index in [1.54, 1.807) is 0 Å². The molecular weight excluding hydrogens is 98.0 g/mol. The summed E-state index contributed by atoms with van der Waals surface area (Å²) in [5.74, 6) is -0.250. The van der Waals surface area contributed by atoms with Gasteiger partial charge in [-0.05, 0) is 0 Å². The standard InChI is InChI=1S/C3H5NO3/c5-3-1-2-7-4(3)6/h1,5-6H,2H2. The van der Waals surface area contributed by atoms with E-state index in [4.69, 9.17) is 10.3 Å². The number of nitrogens with zero attached hydrogens (tertiary/aromatic N) is 1. The molecule has 4 nitrogen and oxygen atoms in total. The minimum Gasteiger partial charge on any atom is -0.492 e. The van der Waals surface area contributed by atoms with Crippen molar-refractivity contribution in [2.75, 3.05) is 6.61 Å². The maximum absolute atomic E-state index is 8.41. The second kappa shape index (κ2) is 1.40. The summed E-state index contributed by atoms with van der Waals surface area (Å²) >= 11 is 0. The monoisotopic (exact) mass is 103 g/mol. The van der Waals surface area contributed by atoms with E-state index in [1.807, 2.05) is 0 Å². The second-order valence-electron chi connectivity index (χ2n) is 1.13. The first-order valence-corrected chi connectivity index (χ1v) is 1.82. The van der Waals surface area contributed by atoms with Crippen LogP contribution < -0.4 is 0 Å². The molecule has 4 heteroatoms. The molecule has 0 spiro atoms. The zero-order valence-electron chi connectivity index (χ0n) is 3.53. The molecule has 0 aliphatic carbocycles. The molecule has 7 heavy (non-hydrogen) atoms. The van der Waals surface area contributed by atoms with Gasteiger partial charge in [0.15, 0.2) is 0 Å². The SMILES string of the molecule is OC1=CCON1O. The van der Waals surface area contributed by atoms with Crippen LogP contribution in [0.4, 0.5) is 0 Å². The Balaban J connectivity index is 2.54. The average molecular weight is 103 g/mol. The fourth-order valence-corrected chi connectivity index (χ4v) is 0.327. The summed E-state index contributed by atoms with van der Waals surface area (Å²) in [4.78, 5) is 4.31. The zero-order chi connectivity index (χ0) is 5.28. The molecule has 40 valence electrons. The van der Waals surface area contributed by atoms with Crippen molar-refractivity contribution in [1.29, 1.82) is 0 Å². The maximum Gasteiger partial charge on any atom is 0.237 e. The summed E-state index contributed by atoms with van der Waals surface area (Å²) in [5.41, 5.74) is 0. The highest BCUT2D eigenvalue weighted by atomic mass is 16.9. The Bertz CT molecular complexity index is 100. The van der Waals surface area contributed by atoms with Crippen LogP contribution in [0.2, 0.25) is 0 Å². The molecule has 0 saturated heterocycles. The van der Waals surface area contributed by atoms with Gasteiger partial charge in [-0.25, -0.2) is 4.84 Å². The first kappa shape index (κ1) is 4.42. The number of hydrogen-bond acceptors (Lipinski definition) is 4. The van der Waals surface area contributed by atoms with Crippen molar-refractivity contribution in [1.82, 2.24) is 5.23 Å². The van der Waals surface area contributed by atoms with Gasteiger partial charge in [-0.3, -0.25) is 5.21 Å². The van der Waals surface area contributed by atoms with Crippen LogP contribution in [-0.4, -0.2) is 22.1 Å². The van der Waals surface area contributed by atoms with Gasteiger partial charge in [0.2, 0.25) is 5.88 Å². The molecule has 1 rings (SSSR count). The van der Waals surface area contributed by atoms with Gasteiger partial charge in [0.25, 0.3) is 0 Å². The molecule has 0 radical (unpaired) electrons. The molecule has 0 aromatic rings. The van der Waals surface area contributed by atoms with Crippen molar-refractivity contribution < 1.29 is 15.2 Å². The van der Waals surface area contributed by atoms with E-state index >= 15 is 0 Å². The Morgan fingerprint density at radius 1 is 1.86 bits per heavy atom. The van der Waals surface area contributed by atoms with Gasteiger partial charge in [-0.2, -0.15) is 0 Å². The zero-order valence-corrected chi connectivity index (χ0v) is 3.53. The number of rotatable bonds is 0. The number of hydroxylamine groups is 2. The quantitative estimate of drug-likeness (QED) is 0.454. The molecule has 0 saturated carbocycles. The van der Waals surface area contributed by atoms with Gasteiger partial charge in [-0.15, -0.1) is 0 Å². The van der Waals surface area contributed by atoms with Gasteiger partial charge in [0.1, 0.15) is 6.61 Å². The summed E-state index contributed by atoms with van der Waals surface area (Å²) < 4.78 is 0. The summed E-state index contributed by atoms with van der Waals surface area (Å²) in [6.45, 7) is 0.238. The van der Waals surface area contributed by atoms with Crippen molar-refractivity contribution in [3.05, 3.63) is 12.0 Å². The van der Waals surface area contributed by atoms with E-state index in [-0.39, 0.29) is 12.5 Å². The van der Waals surface area contributed by atoms with E-state index in [2.05, 4.69) is 4.84 Å². The first-order valence-electron chi connectivity index (χ1n) is 1.82. The topological polar surface area (TPSA) is 52.9 Å². The minimum absolute atomic E-state index is 0.238. The lowest BCUT2D eigenvalue weighted by Crippen LogP contribution is -2.11. The van der Waals surface area contributed by atoms with Crippen molar-refractivity contribution >= 4 is 0 Å². The first-order chi connectivity index (χ1) is 3.30. The highest BCUT2D eigenvalue weighted by Crippen LogP contribution is 2.03. The fraction of sp³-hybridized carbons (Fsp3) is 0.333. The minimum atomic E-state index is -0.250. The van der Waals surface area contributed by atoms with Crippen LogP contribution in [0.1, 0.15) is 0 Å². The van der Waals surface area contributed by atoms with Crippen molar-refractivity contribution in [3.63, 3.8) is 0 Å². The summed E-state index contributed by atoms with van der Waals surface area (Å²) in [5, 5.41) is 17.0. The predicted octanol–water partition coefficient (Wildman–Crippen LogP) is 0.0222. The van der Waals surface area contributed by atoms with Crippen LogP contribution in [0.3, 0.4) is 0 Å². The van der Waals surface area contributed by atoms with Crippen LogP contribution in [-0.2, 0) is 4.84 Å². The van der Waals surface area contributed by atoms with Gasteiger partial charge in [0.05, 0.1) is 0 Å². The van der Waals surface area contributed by atoms with Crippen molar-refractivity contribution in [2.45, 2.75) is 0 Å². The number of aliphatic hydroxyl groups is 1. The van der Waals surface area contributed by atoms with E-state index in [1.165, 1.54) is 6.08 Å². The molecule has 0 fully saturated rings. The number of hydrogen-bond donors (Lipinski definition) is 2. The fourth-order valence-electron chi connectivity index (χ4n) is 0.327. The van der Waals surface area contributed by atoms with Gasteiger partial charge >= 0.3 is 0 Å². The van der Waals surface area contributed by atoms with Crippen LogP contribution >= 0.6 is 0 Å². The van der Waals surface area contributed by atoms with Gasteiger partial charge in [-0.1, -0.05) is 5.23 Å². The van der Waals surface area contributed by atoms with E-state index < -0.39 is 0 Å².